The highest BCUT2D eigenvalue weighted by molar-refractivity contribution is 5.96. The molecule has 1 saturated heterocycles. The molecule has 0 radical (unpaired) electrons. The van der Waals surface area contributed by atoms with Gasteiger partial charge in [0.2, 0.25) is 5.91 Å². The molecular formula is C44H56F2N6O5. The van der Waals surface area contributed by atoms with Crippen LogP contribution in [0.2, 0.25) is 0 Å². The van der Waals surface area contributed by atoms with Gasteiger partial charge in [0.15, 0.2) is 0 Å². The summed E-state index contributed by atoms with van der Waals surface area (Å²) >= 11 is 0. The molecule has 2 N–H and O–H groups in total. The largest absolute Gasteiger partial charge is 0.464 e. The maximum absolute atomic E-state index is 17.8. The van der Waals surface area contributed by atoms with Gasteiger partial charge < -0.3 is 19.4 Å². The number of alkyl halides is 2. The highest BCUT2D eigenvalue weighted by Gasteiger charge is 2.53. The van der Waals surface area contributed by atoms with E-state index in [0.717, 1.165) is 11.1 Å². The molecule has 1 fully saturated rings. The summed E-state index contributed by atoms with van der Waals surface area (Å²) in [6.07, 6.45) is 2.10. The van der Waals surface area contributed by atoms with E-state index >= 15 is 8.78 Å². The number of aryl methyl sites for hydroxylation is 1. The van der Waals surface area contributed by atoms with Crippen molar-refractivity contribution in [3.63, 3.8) is 0 Å². The maximum Gasteiger partial charge on any atom is 0.324 e. The van der Waals surface area contributed by atoms with Crippen LogP contribution in [0.4, 0.5) is 8.78 Å². The standard InChI is InChI=1S/C44H56F2N6O5/c1-10-51-35-19-18-30-24-32(35)36(39(51)31-16-12-20-47-37(31)27(4)56-9)44(45,46)43(5,6)25-57-42(55)33-17-13-21-52(49-33)41(54)34(23-28-14-11-15-29(30)22-28)48-40(53)38(26(2)3)50(7)8/h11-12,14-16,18-20,22,24,26-27,33-34,38,49H,10,13,17,21,23,25H2,1-9H3,(H,48,53)/t27?,33-,34?,38?/m0/s1. The zero-order valence-electron chi connectivity index (χ0n) is 34.5. The van der Waals surface area contributed by atoms with E-state index in [1.165, 1.54) is 18.9 Å². The number of fused-ring (bicyclic) bond motifs is 6. The fourth-order valence-corrected chi connectivity index (χ4v) is 8.30. The molecule has 3 unspecified atom stereocenters. The first kappa shape index (κ1) is 41.9. The van der Waals surface area contributed by atoms with Crippen molar-refractivity contribution in [3.8, 4) is 22.4 Å². The van der Waals surface area contributed by atoms with E-state index in [1.54, 1.807) is 31.5 Å². The lowest BCUT2D eigenvalue weighted by atomic mass is 9.80. The molecule has 6 rings (SSSR count). The summed E-state index contributed by atoms with van der Waals surface area (Å²) in [5.74, 6) is -4.99. The van der Waals surface area contributed by atoms with Crippen LogP contribution in [0.25, 0.3) is 33.3 Å². The molecule has 0 spiro atoms. The fraction of sp³-hybridized carbons (Fsp3) is 0.500. The highest BCUT2D eigenvalue weighted by atomic mass is 19.3. The normalized spacial score (nSPS) is 21.0. The molecule has 2 amide bonds. The number of pyridine rings is 1. The number of amides is 2. The van der Waals surface area contributed by atoms with Crippen molar-refractivity contribution >= 4 is 28.7 Å². The third-order valence-electron chi connectivity index (χ3n) is 11.5. The van der Waals surface area contributed by atoms with Crippen LogP contribution in [0, 0.1) is 11.3 Å². The Hall–Kier alpha value is -4.72. The van der Waals surface area contributed by atoms with Crippen LogP contribution < -0.4 is 10.7 Å². The smallest absolute Gasteiger partial charge is 0.324 e. The van der Waals surface area contributed by atoms with Crippen LogP contribution in [0.1, 0.15) is 77.3 Å². The average molecular weight is 787 g/mol. The van der Waals surface area contributed by atoms with Gasteiger partial charge in [0, 0.05) is 49.3 Å². The van der Waals surface area contributed by atoms with Crippen molar-refractivity contribution in [2.45, 2.75) is 97.5 Å². The summed E-state index contributed by atoms with van der Waals surface area (Å²) in [7, 11) is 5.22. The van der Waals surface area contributed by atoms with Gasteiger partial charge in [0.1, 0.15) is 18.7 Å². The molecule has 0 saturated carbocycles. The Morgan fingerprint density at radius 1 is 1.09 bits per heavy atom. The summed E-state index contributed by atoms with van der Waals surface area (Å²) in [6.45, 7) is 10.6. The monoisotopic (exact) mass is 786 g/mol. The van der Waals surface area contributed by atoms with E-state index in [0.29, 0.717) is 52.8 Å². The summed E-state index contributed by atoms with van der Waals surface area (Å²) in [5, 5.41) is 4.75. The minimum atomic E-state index is -3.54. The molecule has 13 heteroatoms. The topological polar surface area (TPSA) is 118 Å². The molecule has 2 aromatic heterocycles. The summed E-state index contributed by atoms with van der Waals surface area (Å²) in [6, 6.07) is 14.3. The Kier molecular flexibility index (Phi) is 12.2. The van der Waals surface area contributed by atoms with E-state index in [1.807, 2.05) is 87.7 Å². The third kappa shape index (κ3) is 8.06. The predicted molar refractivity (Wildman–Crippen MR) is 216 cm³/mol. The molecule has 57 heavy (non-hydrogen) atoms. The van der Waals surface area contributed by atoms with Gasteiger partial charge in [-0.25, -0.2) is 14.2 Å². The number of hydrogen-bond donors (Lipinski definition) is 2. The molecular weight excluding hydrogens is 731 g/mol. The second-order valence-corrected chi connectivity index (χ2v) is 16.5. The lowest BCUT2D eigenvalue weighted by molar-refractivity contribution is -0.170. The van der Waals surface area contributed by atoms with Crippen molar-refractivity contribution in [1.29, 1.82) is 0 Å². The zero-order chi connectivity index (χ0) is 41.4. The summed E-state index contributed by atoms with van der Waals surface area (Å²) < 4.78 is 48.9. The predicted octanol–water partition coefficient (Wildman–Crippen LogP) is 6.88. The average Bonchev–Trinajstić information content (AvgIpc) is 3.52. The maximum atomic E-state index is 17.8. The molecule has 306 valence electrons. The minimum absolute atomic E-state index is 0.0300. The minimum Gasteiger partial charge on any atom is -0.464 e. The number of likely N-dealkylation sites (N-methyl/N-ethyl adjacent to an activating group) is 1. The van der Waals surface area contributed by atoms with Gasteiger partial charge in [-0.3, -0.25) is 29.3 Å². The molecule has 2 aliphatic rings. The molecule has 2 aromatic carbocycles. The number of ether oxygens (including phenoxy) is 2. The number of hydrogen-bond acceptors (Lipinski definition) is 8. The number of aromatic nitrogens is 2. The first-order chi connectivity index (χ1) is 27.0. The number of halogens is 2. The Bertz CT molecular complexity index is 2120. The lowest BCUT2D eigenvalue weighted by Crippen LogP contribution is -2.61. The van der Waals surface area contributed by atoms with Crippen LogP contribution in [0.3, 0.4) is 0 Å². The molecule has 4 atom stereocenters. The first-order valence-corrected chi connectivity index (χ1v) is 19.8. The van der Waals surface area contributed by atoms with Crippen LogP contribution in [-0.2, 0) is 42.7 Å². The van der Waals surface area contributed by atoms with Crippen molar-refractivity contribution < 1.29 is 32.6 Å². The van der Waals surface area contributed by atoms with Gasteiger partial charge in [0.25, 0.3) is 11.8 Å². The second kappa shape index (κ2) is 16.6. The van der Waals surface area contributed by atoms with E-state index in [2.05, 4.69) is 15.7 Å². The van der Waals surface area contributed by atoms with Gasteiger partial charge in [0.05, 0.1) is 34.5 Å². The van der Waals surface area contributed by atoms with E-state index in [4.69, 9.17) is 9.47 Å². The Labute approximate surface area is 334 Å². The van der Waals surface area contributed by atoms with Crippen LogP contribution in [0.5, 0.6) is 0 Å². The summed E-state index contributed by atoms with van der Waals surface area (Å²) in [4.78, 5) is 48.2. The third-order valence-corrected chi connectivity index (χ3v) is 11.5. The van der Waals surface area contributed by atoms with Crippen LogP contribution >= 0.6 is 0 Å². The number of methoxy groups -OCH3 is 1. The van der Waals surface area contributed by atoms with Gasteiger partial charge in [-0.1, -0.05) is 58.0 Å². The fourth-order valence-electron chi connectivity index (χ4n) is 8.30. The van der Waals surface area contributed by atoms with Crippen LogP contribution in [0.15, 0.2) is 60.8 Å². The Morgan fingerprint density at radius 3 is 2.51 bits per heavy atom. The Morgan fingerprint density at radius 2 is 1.82 bits per heavy atom. The van der Waals surface area contributed by atoms with Gasteiger partial charge >= 0.3 is 5.97 Å². The van der Waals surface area contributed by atoms with E-state index in [-0.39, 0.29) is 30.4 Å². The number of nitrogens with one attached hydrogen (secondary N) is 2. The van der Waals surface area contributed by atoms with Crippen molar-refractivity contribution in [2.24, 2.45) is 11.3 Å². The first-order valence-electron chi connectivity index (χ1n) is 19.8. The second-order valence-electron chi connectivity index (χ2n) is 16.5. The summed E-state index contributed by atoms with van der Waals surface area (Å²) in [5.41, 5.74) is 5.15. The lowest BCUT2D eigenvalue weighted by Gasteiger charge is -2.37. The van der Waals surface area contributed by atoms with Crippen molar-refractivity contribution in [3.05, 3.63) is 77.6 Å². The number of hydrazine groups is 1. The van der Waals surface area contributed by atoms with Crippen molar-refractivity contribution in [2.75, 3.05) is 34.4 Å². The number of nitrogens with zero attached hydrogens (tertiary/aromatic N) is 4. The number of esters is 1. The van der Waals surface area contributed by atoms with E-state index < -0.39 is 54.1 Å². The number of benzene rings is 2. The van der Waals surface area contributed by atoms with Crippen LogP contribution in [-0.4, -0.2) is 89.7 Å². The highest BCUT2D eigenvalue weighted by Crippen LogP contribution is 2.53. The number of carbonyl (C=O) groups is 3. The van der Waals surface area contributed by atoms with Crippen molar-refractivity contribution in [1.82, 2.24) is 30.2 Å². The molecule has 11 nitrogen and oxygen atoms in total. The number of cyclic esters (lactones) is 1. The molecule has 6 bridgehead atoms. The molecule has 2 aliphatic heterocycles. The number of rotatable bonds is 8. The van der Waals surface area contributed by atoms with Gasteiger partial charge in [-0.05, 0) is 87.7 Å². The van der Waals surface area contributed by atoms with Gasteiger partial charge in [-0.2, -0.15) is 0 Å². The SMILES string of the molecule is CCn1c(-c2cccnc2C(C)OC)c2c3cc(ccc31)-c1cccc(c1)CC(NC(=O)C(C(C)C)N(C)C)C(=O)N1CCC[C@H](N1)C(=O)OCC(C)(C)C2(F)F. The van der Waals surface area contributed by atoms with E-state index in [9.17, 15) is 14.4 Å². The quantitative estimate of drug-likeness (QED) is 0.186. The molecule has 0 aliphatic carbocycles. The molecule has 4 heterocycles. The Balaban J connectivity index is 1.57. The zero-order valence-corrected chi connectivity index (χ0v) is 34.5. The molecule has 4 aromatic rings. The van der Waals surface area contributed by atoms with Gasteiger partial charge in [-0.15, -0.1) is 0 Å². The number of carbonyl (C=O) groups excluding carboxylic acids is 3.